The van der Waals surface area contributed by atoms with Crippen LogP contribution in [0.5, 0.6) is 0 Å². The molecule has 0 aliphatic carbocycles. The number of sulfone groups is 1. The zero-order valence-corrected chi connectivity index (χ0v) is 9.93. The molecule has 0 amide bonds. The molecular formula is C6H12O7S2. The molecule has 0 aliphatic rings. The van der Waals surface area contributed by atoms with Crippen molar-refractivity contribution in [1.82, 2.24) is 0 Å². The van der Waals surface area contributed by atoms with E-state index in [0.717, 1.165) is 6.26 Å². The van der Waals surface area contributed by atoms with Gasteiger partial charge in [0.25, 0.3) is 10.1 Å². The Hall–Kier alpha value is -0.670. The molecule has 0 aromatic heterocycles. The number of esters is 1. The monoisotopic (exact) mass is 260 g/mol. The molecule has 0 aromatic rings. The summed E-state index contributed by atoms with van der Waals surface area (Å²) < 4.78 is 51.7. The molecule has 0 unspecified atom stereocenters. The minimum absolute atomic E-state index is 0.0916. The summed E-state index contributed by atoms with van der Waals surface area (Å²) in [6.45, 7) is 0.822. The minimum atomic E-state index is -4.24. The summed E-state index contributed by atoms with van der Waals surface area (Å²) in [5, 5.41) is -1.15. The van der Waals surface area contributed by atoms with E-state index in [1.165, 1.54) is 0 Å². The highest BCUT2D eigenvalue weighted by Gasteiger charge is 2.20. The Morgan fingerprint density at radius 2 is 1.73 bits per heavy atom. The molecule has 0 saturated carbocycles. The van der Waals surface area contributed by atoms with Crippen molar-refractivity contribution in [2.75, 3.05) is 24.6 Å². The fourth-order valence-corrected chi connectivity index (χ4v) is 3.28. The zero-order chi connectivity index (χ0) is 12.1. The maximum Gasteiger partial charge on any atom is 0.333 e. The molecule has 15 heavy (non-hydrogen) atoms. The summed E-state index contributed by atoms with van der Waals surface area (Å²) in [4.78, 5) is 10.7. The number of carbonyl (C=O) groups is 1. The van der Waals surface area contributed by atoms with Crippen molar-refractivity contribution < 1.29 is 30.6 Å². The molecule has 0 aromatic carbocycles. The van der Waals surface area contributed by atoms with Gasteiger partial charge in [0.05, 0.1) is 6.61 Å². The van der Waals surface area contributed by atoms with Crippen LogP contribution in [0.1, 0.15) is 6.92 Å². The van der Waals surface area contributed by atoms with Crippen molar-refractivity contribution in [3.63, 3.8) is 0 Å². The van der Waals surface area contributed by atoms with E-state index in [1.54, 1.807) is 6.92 Å². The van der Waals surface area contributed by atoms with Crippen LogP contribution >= 0.6 is 0 Å². The first-order valence-corrected chi connectivity index (χ1v) is 7.50. The van der Waals surface area contributed by atoms with Crippen LogP contribution in [0, 0.1) is 0 Å². The number of hydrogen-bond donors (Lipinski definition) is 0. The van der Waals surface area contributed by atoms with Crippen molar-refractivity contribution in [2.45, 2.75) is 6.92 Å². The molecule has 0 bridgehead atoms. The third-order valence-corrected chi connectivity index (χ3v) is 4.36. The van der Waals surface area contributed by atoms with Gasteiger partial charge in [0.15, 0.2) is 21.5 Å². The molecule has 7 nitrogen and oxygen atoms in total. The first kappa shape index (κ1) is 14.3. The lowest BCUT2D eigenvalue weighted by molar-refractivity contribution is -0.145. The Bertz CT molecular complexity index is 405. The van der Waals surface area contributed by atoms with Crippen molar-refractivity contribution in [1.29, 1.82) is 0 Å². The van der Waals surface area contributed by atoms with Gasteiger partial charge in [0, 0.05) is 6.26 Å². The third-order valence-electron chi connectivity index (χ3n) is 1.02. The summed E-state index contributed by atoms with van der Waals surface area (Å²) in [7, 11) is -7.95. The molecule has 0 saturated heterocycles. The Morgan fingerprint density at radius 1 is 1.20 bits per heavy atom. The van der Waals surface area contributed by atoms with E-state index in [-0.39, 0.29) is 6.61 Å². The maximum atomic E-state index is 10.9. The van der Waals surface area contributed by atoms with Crippen molar-refractivity contribution >= 4 is 25.9 Å². The van der Waals surface area contributed by atoms with Crippen LogP contribution in [-0.4, -0.2) is 47.4 Å². The SMILES string of the molecule is CCOC(=O)COS(=O)(=O)CS(C)(=O)=O. The van der Waals surface area contributed by atoms with Gasteiger partial charge in [-0.15, -0.1) is 0 Å². The Labute approximate surface area is 88.4 Å². The number of carbonyl (C=O) groups excluding carboxylic acids is 1. The van der Waals surface area contributed by atoms with E-state index in [4.69, 9.17) is 0 Å². The van der Waals surface area contributed by atoms with Gasteiger partial charge in [-0.2, -0.15) is 8.42 Å². The van der Waals surface area contributed by atoms with Gasteiger partial charge in [-0.1, -0.05) is 0 Å². The van der Waals surface area contributed by atoms with Crippen molar-refractivity contribution in [3.05, 3.63) is 0 Å². The predicted molar refractivity (Wildman–Crippen MR) is 51.2 cm³/mol. The van der Waals surface area contributed by atoms with Gasteiger partial charge < -0.3 is 4.74 Å². The van der Waals surface area contributed by atoms with Gasteiger partial charge in [0.2, 0.25) is 0 Å². The van der Waals surface area contributed by atoms with E-state index in [2.05, 4.69) is 8.92 Å². The number of ether oxygens (including phenoxy) is 1. The van der Waals surface area contributed by atoms with E-state index in [0.29, 0.717) is 0 Å². The van der Waals surface area contributed by atoms with Crippen LogP contribution in [0.25, 0.3) is 0 Å². The summed E-state index contributed by atoms with van der Waals surface area (Å²) in [6, 6.07) is 0. The average molecular weight is 260 g/mol. The second-order valence-corrected chi connectivity index (χ2v) is 6.81. The highest BCUT2D eigenvalue weighted by atomic mass is 32.3. The summed E-state index contributed by atoms with van der Waals surface area (Å²) in [5.41, 5.74) is 0. The molecule has 0 aliphatic heterocycles. The molecule has 90 valence electrons. The van der Waals surface area contributed by atoms with Crippen molar-refractivity contribution in [3.8, 4) is 0 Å². The lowest BCUT2D eigenvalue weighted by atomic mass is 10.7. The molecule has 0 N–H and O–H groups in total. The second-order valence-electron chi connectivity index (χ2n) is 2.67. The molecule has 0 spiro atoms. The van der Waals surface area contributed by atoms with Gasteiger partial charge in [-0.05, 0) is 6.92 Å². The summed E-state index contributed by atoms with van der Waals surface area (Å²) in [5.74, 6) is -0.866. The minimum Gasteiger partial charge on any atom is -0.464 e. The molecule has 0 rings (SSSR count). The standard InChI is InChI=1S/C6H12O7S2/c1-3-12-6(7)4-13-15(10,11)5-14(2,8)9/h3-5H2,1-2H3. The highest BCUT2D eigenvalue weighted by Crippen LogP contribution is 1.98. The Kier molecular flexibility index (Phi) is 5.18. The van der Waals surface area contributed by atoms with Crippen LogP contribution in [0.4, 0.5) is 0 Å². The average Bonchev–Trinajstić information content (AvgIpc) is 1.97. The van der Waals surface area contributed by atoms with Gasteiger partial charge >= 0.3 is 5.97 Å². The fourth-order valence-electron chi connectivity index (χ4n) is 0.637. The summed E-state index contributed by atoms with van der Waals surface area (Å²) in [6.07, 6.45) is 0.748. The zero-order valence-electron chi connectivity index (χ0n) is 8.30. The first-order valence-electron chi connectivity index (χ1n) is 3.87. The van der Waals surface area contributed by atoms with Gasteiger partial charge in [-0.25, -0.2) is 13.2 Å². The van der Waals surface area contributed by atoms with Crippen LogP contribution in [0.15, 0.2) is 0 Å². The van der Waals surface area contributed by atoms with Crippen LogP contribution in [-0.2, 0) is 33.7 Å². The van der Waals surface area contributed by atoms with E-state index >= 15 is 0 Å². The van der Waals surface area contributed by atoms with Crippen LogP contribution in [0.3, 0.4) is 0 Å². The Balaban J connectivity index is 4.24. The normalized spacial score (nSPS) is 12.4. The van der Waals surface area contributed by atoms with Gasteiger partial charge in [-0.3, -0.25) is 4.18 Å². The van der Waals surface area contributed by atoms with Crippen LogP contribution in [0.2, 0.25) is 0 Å². The second kappa shape index (κ2) is 5.42. The quantitative estimate of drug-likeness (QED) is 0.441. The highest BCUT2D eigenvalue weighted by molar-refractivity contribution is 8.05. The van der Waals surface area contributed by atoms with Crippen LogP contribution < -0.4 is 0 Å². The van der Waals surface area contributed by atoms with E-state index in [1.807, 2.05) is 0 Å². The van der Waals surface area contributed by atoms with Gasteiger partial charge in [0.1, 0.15) is 0 Å². The maximum absolute atomic E-state index is 10.9. The van der Waals surface area contributed by atoms with Crippen molar-refractivity contribution in [2.24, 2.45) is 0 Å². The molecule has 0 radical (unpaired) electrons. The summed E-state index contributed by atoms with van der Waals surface area (Å²) >= 11 is 0. The van der Waals surface area contributed by atoms with E-state index < -0.39 is 37.6 Å². The topological polar surface area (TPSA) is 104 Å². The lowest BCUT2D eigenvalue weighted by Crippen LogP contribution is -2.22. The van der Waals surface area contributed by atoms with E-state index in [9.17, 15) is 21.6 Å². The molecule has 9 heteroatoms. The third kappa shape index (κ3) is 8.33. The lowest BCUT2D eigenvalue weighted by Gasteiger charge is -2.03. The molecular weight excluding hydrogens is 248 g/mol. The Morgan fingerprint density at radius 3 is 2.13 bits per heavy atom. The molecule has 0 heterocycles. The molecule has 0 atom stereocenters. The largest absolute Gasteiger partial charge is 0.464 e. The molecule has 0 fully saturated rings. The smallest absolute Gasteiger partial charge is 0.333 e. The number of rotatable bonds is 6. The first-order chi connectivity index (χ1) is 6.66. The number of hydrogen-bond acceptors (Lipinski definition) is 7. The predicted octanol–water partition coefficient (Wildman–Crippen LogP) is -1.10. The fraction of sp³-hybridized carbons (Fsp3) is 0.833.